The number of nitrogens with zero attached hydrogens (tertiary/aromatic N) is 1. The molecular weight excluding hydrogens is 288 g/mol. The molecule has 1 rings (SSSR count). The third kappa shape index (κ3) is 3.28. The van der Waals surface area contributed by atoms with Crippen molar-refractivity contribution in [2.45, 2.75) is 11.7 Å². The van der Waals surface area contributed by atoms with Crippen molar-refractivity contribution in [2.75, 3.05) is 0 Å². The van der Waals surface area contributed by atoms with Crippen LogP contribution in [-0.2, 0) is 16.2 Å². The lowest BCUT2D eigenvalue weighted by atomic mass is 10.2. The molecule has 0 saturated carbocycles. The van der Waals surface area contributed by atoms with E-state index < -0.39 is 33.0 Å². The minimum absolute atomic E-state index is 0.212. The number of sulfonamides is 1. The average molecular weight is 292 g/mol. The van der Waals surface area contributed by atoms with E-state index in [-0.39, 0.29) is 6.07 Å². The predicted molar refractivity (Wildman–Crippen MR) is 49.4 cm³/mol. The second kappa shape index (κ2) is 4.34. The SMILES string of the molecule is O=S(=O)([N-]c1cccc(C(F)(F)F)c1)C(F)(F)F. The van der Waals surface area contributed by atoms with Crippen LogP contribution in [0.1, 0.15) is 5.56 Å². The van der Waals surface area contributed by atoms with Crippen LogP contribution in [0.4, 0.5) is 32.0 Å². The van der Waals surface area contributed by atoms with Gasteiger partial charge in [0, 0.05) is 0 Å². The summed E-state index contributed by atoms with van der Waals surface area (Å²) in [6.45, 7) is 0. The lowest BCUT2D eigenvalue weighted by Gasteiger charge is -2.23. The van der Waals surface area contributed by atoms with Gasteiger partial charge >= 0.3 is 11.7 Å². The van der Waals surface area contributed by atoms with Gasteiger partial charge in [0.05, 0.1) is 5.56 Å². The first kappa shape index (κ1) is 14.6. The molecule has 3 nitrogen and oxygen atoms in total. The summed E-state index contributed by atoms with van der Waals surface area (Å²) in [6, 6.07) is 2.27. The Morgan fingerprint density at radius 2 is 1.56 bits per heavy atom. The maximum atomic E-state index is 12.2. The number of benzene rings is 1. The topological polar surface area (TPSA) is 48.2 Å². The molecule has 0 N–H and O–H groups in total. The Labute approximate surface area is 97.5 Å². The van der Waals surface area contributed by atoms with Crippen molar-refractivity contribution < 1.29 is 34.8 Å². The average Bonchev–Trinajstić information content (AvgIpc) is 2.14. The van der Waals surface area contributed by atoms with Gasteiger partial charge in [0.15, 0.2) is 10.0 Å². The molecule has 0 aliphatic rings. The Balaban J connectivity index is 3.08. The molecule has 0 amide bonds. The second-order valence-corrected chi connectivity index (χ2v) is 4.66. The minimum Gasteiger partial charge on any atom is -0.569 e. The molecule has 1 aromatic carbocycles. The number of hydrogen-bond donors (Lipinski definition) is 0. The monoisotopic (exact) mass is 292 g/mol. The van der Waals surface area contributed by atoms with Crippen LogP contribution in [0.25, 0.3) is 4.72 Å². The Bertz CT molecular complexity index is 533. The molecule has 0 radical (unpaired) electrons. The van der Waals surface area contributed by atoms with Gasteiger partial charge in [0.2, 0.25) is 0 Å². The summed E-state index contributed by atoms with van der Waals surface area (Å²) in [5, 5.41) is 0. The van der Waals surface area contributed by atoms with E-state index in [1.54, 1.807) is 0 Å². The fraction of sp³-hybridized carbons (Fsp3) is 0.250. The zero-order chi connectivity index (χ0) is 14.2. The summed E-state index contributed by atoms with van der Waals surface area (Å²) in [6.07, 6.45) is -4.80. The molecule has 0 aromatic heterocycles. The van der Waals surface area contributed by atoms with Gasteiger partial charge in [0.25, 0.3) is 0 Å². The summed E-state index contributed by atoms with van der Waals surface area (Å²) in [4.78, 5) is 0. The number of alkyl halides is 6. The van der Waals surface area contributed by atoms with Crippen LogP contribution in [0.5, 0.6) is 0 Å². The molecular formula is C8H4F6NO2S-. The van der Waals surface area contributed by atoms with Crippen molar-refractivity contribution >= 4 is 15.7 Å². The first-order chi connectivity index (χ1) is 7.93. The van der Waals surface area contributed by atoms with Crippen LogP contribution >= 0.6 is 0 Å². The van der Waals surface area contributed by atoms with Crippen LogP contribution in [-0.4, -0.2) is 13.9 Å². The van der Waals surface area contributed by atoms with E-state index in [1.165, 1.54) is 0 Å². The quantitative estimate of drug-likeness (QED) is 0.782. The lowest BCUT2D eigenvalue weighted by Crippen LogP contribution is -2.21. The molecule has 0 heterocycles. The van der Waals surface area contributed by atoms with Crippen molar-refractivity contribution in [2.24, 2.45) is 0 Å². The third-order valence-corrected chi connectivity index (χ3v) is 2.73. The number of halogens is 6. The van der Waals surface area contributed by atoms with Crippen LogP contribution < -0.4 is 0 Å². The van der Waals surface area contributed by atoms with Gasteiger partial charge in [-0.1, -0.05) is 24.3 Å². The van der Waals surface area contributed by atoms with Gasteiger partial charge in [-0.05, 0) is 0 Å². The molecule has 0 aliphatic carbocycles. The van der Waals surface area contributed by atoms with E-state index in [0.717, 1.165) is 12.1 Å². The highest BCUT2D eigenvalue weighted by molar-refractivity contribution is 7.95. The van der Waals surface area contributed by atoms with Gasteiger partial charge in [-0.3, -0.25) is 0 Å². The summed E-state index contributed by atoms with van der Waals surface area (Å²) in [7, 11) is -5.86. The Morgan fingerprint density at radius 3 is 2.00 bits per heavy atom. The highest BCUT2D eigenvalue weighted by atomic mass is 32.2. The van der Waals surface area contributed by atoms with Gasteiger partial charge in [-0.2, -0.15) is 26.3 Å². The lowest BCUT2D eigenvalue weighted by molar-refractivity contribution is -0.137. The molecule has 1 aromatic rings. The van der Waals surface area contributed by atoms with Crippen LogP contribution in [0.2, 0.25) is 0 Å². The standard InChI is InChI=1S/C8H4F6NO2S/c9-7(10,11)5-2-1-3-6(4-5)15-18(16,17)8(12,13)14/h1-4H/q-1. The molecule has 0 bridgehead atoms. The molecule has 0 atom stereocenters. The summed E-state index contributed by atoms with van der Waals surface area (Å²) >= 11 is 0. The van der Waals surface area contributed by atoms with Crippen molar-refractivity contribution in [3.05, 3.63) is 34.6 Å². The summed E-state index contributed by atoms with van der Waals surface area (Å²) in [5.74, 6) is 0. The van der Waals surface area contributed by atoms with E-state index in [0.29, 0.717) is 6.07 Å². The molecule has 10 heteroatoms. The smallest absolute Gasteiger partial charge is 0.483 e. The first-order valence-electron chi connectivity index (χ1n) is 4.15. The number of hydrogen-bond acceptors (Lipinski definition) is 2. The largest absolute Gasteiger partial charge is 0.569 e. The first-order valence-corrected chi connectivity index (χ1v) is 5.59. The zero-order valence-electron chi connectivity index (χ0n) is 8.25. The van der Waals surface area contributed by atoms with E-state index in [1.807, 2.05) is 0 Å². The molecule has 0 fully saturated rings. The third-order valence-electron chi connectivity index (χ3n) is 1.69. The van der Waals surface area contributed by atoms with Crippen LogP contribution in [0.15, 0.2) is 24.3 Å². The molecule has 0 aliphatic heterocycles. The van der Waals surface area contributed by atoms with E-state index in [9.17, 15) is 34.8 Å². The minimum atomic E-state index is -5.86. The van der Waals surface area contributed by atoms with Crippen molar-refractivity contribution in [3.63, 3.8) is 0 Å². The van der Waals surface area contributed by atoms with Gasteiger partial charge in [-0.25, -0.2) is 8.42 Å². The normalized spacial score (nSPS) is 13.4. The Hall–Kier alpha value is -1.45. The van der Waals surface area contributed by atoms with E-state index >= 15 is 0 Å². The summed E-state index contributed by atoms with van der Waals surface area (Å²) < 4.78 is 96.0. The predicted octanol–water partition coefficient (Wildman–Crippen LogP) is 3.56. The maximum absolute atomic E-state index is 12.2. The molecule has 0 spiro atoms. The summed E-state index contributed by atoms with van der Waals surface area (Å²) in [5.41, 5.74) is -7.88. The second-order valence-electron chi connectivity index (χ2n) is 3.06. The highest BCUT2D eigenvalue weighted by Crippen LogP contribution is 2.37. The Morgan fingerprint density at radius 1 is 1.00 bits per heavy atom. The molecule has 102 valence electrons. The fourth-order valence-electron chi connectivity index (χ4n) is 0.930. The Kier molecular flexibility index (Phi) is 3.52. The number of rotatable bonds is 2. The fourth-order valence-corrected chi connectivity index (χ4v) is 1.42. The van der Waals surface area contributed by atoms with Crippen molar-refractivity contribution in [1.29, 1.82) is 0 Å². The molecule has 18 heavy (non-hydrogen) atoms. The van der Waals surface area contributed by atoms with Gasteiger partial charge in [0.1, 0.15) is 0 Å². The molecule has 0 unspecified atom stereocenters. The van der Waals surface area contributed by atoms with Crippen LogP contribution in [0.3, 0.4) is 0 Å². The molecule has 0 saturated heterocycles. The maximum Gasteiger partial charge on any atom is 0.483 e. The van der Waals surface area contributed by atoms with Crippen LogP contribution in [0, 0.1) is 0 Å². The van der Waals surface area contributed by atoms with E-state index in [4.69, 9.17) is 0 Å². The van der Waals surface area contributed by atoms with E-state index in [2.05, 4.69) is 4.72 Å². The zero-order valence-corrected chi connectivity index (χ0v) is 9.07. The van der Waals surface area contributed by atoms with Gasteiger partial charge < -0.3 is 4.72 Å². The van der Waals surface area contributed by atoms with Crippen molar-refractivity contribution in [3.8, 4) is 0 Å². The highest BCUT2D eigenvalue weighted by Gasteiger charge is 2.39. The van der Waals surface area contributed by atoms with Crippen molar-refractivity contribution in [1.82, 2.24) is 0 Å². The van der Waals surface area contributed by atoms with Gasteiger partial charge in [-0.15, -0.1) is 5.69 Å².